The lowest BCUT2D eigenvalue weighted by atomic mass is 9.89. The Kier molecular flexibility index (Phi) is 4.92. The van der Waals surface area contributed by atoms with Gasteiger partial charge in [-0.1, -0.05) is 6.08 Å². The first-order valence-corrected chi connectivity index (χ1v) is 12.0. The number of nitrogens with zero attached hydrogens (tertiary/aromatic N) is 7. The molecule has 3 aromatic heterocycles. The van der Waals surface area contributed by atoms with E-state index >= 15 is 0 Å². The molecule has 11 heteroatoms. The van der Waals surface area contributed by atoms with Gasteiger partial charge in [-0.05, 0) is 24.3 Å². The standard InChI is InChI=1S/C22H19N7O3S/c1-33(31,32)28-13-22(14-28,7-8-23)29-10-6-17(27-29)21-16-3-2-9-24-19(16)11-18(26-21)15-4-5-20(30)25-12-15/h2-6,9-12,15H,7,13-14H2,1H3. The van der Waals surface area contributed by atoms with Crippen LogP contribution in [-0.2, 0) is 20.4 Å². The number of dihydropyridines is 1. The summed E-state index contributed by atoms with van der Waals surface area (Å²) < 4.78 is 26.8. The second-order valence-electron chi connectivity index (χ2n) is 8.20. The summed E-state index contributed by atoms with van der Waals surface area (Å²) in [5.74, 6) is -0.578. The fourth-order valence-electron chi connectivity index (χ4n) is 4.11. The number of pyridine rings is 2. The van der Waals surface area contributed by atoms with Crippen molar-refractivity contribution >= 4 is 33.0 Å². The van der Waals surface area contributed by atoms with Crippen molar-refractivity contribution in [2.24, 2.45) is 4.99 Å². The lowest BCUT2D eigenvalue weighted by molar-refractivity contribution is -0.113. The predicted octanol–water partition coefficient (Wildman–Crippen LogP) is 1.63. The maximum absolute atomic E-state index is 11.9. The van der Waals surface area contributed by atoms with E-state index in [1.54, 1.807) is 35.4 Å². The van der Waals surface area contributed by atoms with Gasteiger partial charge in [-0.3, -0.25) is 14.5 Å². The van der Waals surface area contributed by atoms with Gasteiger partial charge < -0.3 is 0 Å². The molecule has 3 aromatic rings. The Labute approximate surface area is 189 Å². The molecule has 33 heavy (non-hydrogen) atoms. The lowest BCUT2D eigenvalue weighted by Crippen LogP contribution is -2.63. The van der Waals surface area contributed by atoms with Crippen molar-refractivity contribution in [3.63, 3.8) is 0 Å². The normalized spacial score (nSPS) is 20.0. The van der Waals surface area contributed by atoms with Crippen LogP contribution in [0.4, 0.5) is 0 Å². The molecule has 0 N–H and O–H groups in total. The van der Waals surface area contributed by atoms with Crippen LogP contribution in [0, 0.1) is 11.3 Å². The van der Waals surface area contributed by atoms with Gasteiger partial charge in [-0.15, -0.1) is 0 Å². The molecule has 0 saturated carbocycles. The number of amides is 1. The molecule has 1 fully saturated rings. The van der Waals surface area contributed by atoms with E-state index in [1.807, 2.05) is 18.2 Å². The molecule has 1 unspecified atom stereocenters. The Balaban J connectivity index is 1.57. The zero-order valence-electron chi connectivity index (χ0n) is 17.7. The van der Waals surface area contributed by atoms with Gasteiger partial charge in [0.05, 0.1) is 35.9 Å². The monoisotopic (exact) mass is 461 g/mol. The third-order valence-corrected chi connectivity index (χ3v) is 7.10. The molecule has 1 amide bonds. The second-order valence-corrected chi connectivity index (χ2v) is 10.2. The Bertz CT molecular complexity index is 1460. The van der Waals surface area contributed by atoms with Gasteiger partial charge in [0.2, 0.25) is 10.0 Å². The number of hydrogen-bond acceptors (Lipinski definition) is 7. The number of aromatic nitrogens is 4. The molecule has 2 aliphatic rings. The molecule has 1 atom stereocenters. The SMILES string of the molecule is CS(=O)(=O)N1CC(CC#N)(n2ccc(-c3nc(C4C=CC(=O)N=C4)cc4ncccc34)n2)C1. The van der Waals surface area contributed by atoms with Crippen molar-refractivity contribution in [2.75, 3.05) is 19.3 Å². The molecule has 0 radical (unpaired) electrons. The molecule has 0 spiro atoms. The van der Waals surface area contributed by atoms with Gasteiger partial charge >= 0.3 is 0 Å². The van der Waals surface area contributed by atoms with Crippen molar-refractivity contribution < 1.29 is 13.2 Å². The molecule has 1 saturated heterocycles. The van der Waals surface area contributed by atoms with Crippen molar-refractivity contribution in [3.05, 3.63) is 54.5 Å². The Hall–Kier alpha value is -3.75. The summed E-state index contributed by atoms with van der Waals surface area (Å²) in [5, 5.41) is 14.9. The molecular formula is C22H19N7O3S. The van der Waals surface area contributed by atoms with Gasteiger partial charge in [0.15, 0.2) is 0 Å². The van der Waals surface area contributed by atoms with Crippen molar-refractivity contribution in [1.82, 2.24) is 24.1 Å². The number of allylic oxidation sites excluding steroid dienone is 1. The second kappa shape index (κ2) is 7.68. The van der Waals surface area contributed by atoms with Gasteiger partial charge in [-0.25, -0.2) is 18.4 Å². The molecule has 2 aliphatic heterocycles. The molecule has 0 aliphatic carbocycles. The van der Waals surface area contributed by atoms with E-state index in [9.17, 15) is 18.5 Å². The predicted molar refractivity (Wildman–Crippen MR) is 121 cm³/mol. The van der Waals surface area contributed by atoms with E-state index in [0.29, 0.717) is 17.1 Å². The molecule has 0 bridgehead atoms. The van der Waals surface area contributed by atoms with E-state index < -0.39 is 15.6 Å². The van der Waals surface area contributed by atoms with Gasteiger partial charge in [0.25, 0.3) is 5.91 Å². The summed E-state index contributed by atoms with van der Waals surface area (Å²) in [5.41, 5.74) is 1.87. The van der Waals surface area contributed by atoms with Crippen LogP contribution in [0.2, 0.25) is 0 Å². The number of fused-ring (bicyclic) bond motifs is 1. The number of rotatable bonds is 5. The quantitative estimate of drug-likeness (QED) is 0.563. The molecule has 0 aromatic carbocycles. The van der Waals surface area contributed by atoms with Crippen LogP contribution in [0.25, 0.3) is 22.3 Å². The van der Waals surface area contributed by atoms with Crippen LogP contribution in [-0.4, -0.2) is 63.9 Å². The Morgan fingerprint density at radius 2 is 2.12 bits per heavy atom. The zero-order chi connectivity index (χ0) is 23.2. The minimum absolute atomic E-state index is 0.132. The highest BCUT2D eigenvalue weighted by Crippen LogP contribution is 2.35. The fraction of sp³-hybridized carbons (Fsp3) is 0.273. The largest absolute Gasteiger partial charge is 0.269 e. The molecule has 166 valence electrons. The van der Waals surface area contributed by atoms with Crippen LogP contribution in [0.15, 0.2) is 53.8 Å². The van der Waals surface area contributed by atoms with Crippen LogP contribution >= 0.6 is 0 Å². The first-order chi connectivity index (χ1) is 15.8. The first-order valence-electron chi connectivity index (χ1n) is 10.2. The van der Waals surface area contributed by atoms with Crippen molar-refractivity contribution in [3.8, 4) is 17.5 Å². The highest BCUT2D eigenvalue weighted by molar-refractivity contribution is 7.88. The van der Waals surface area contributed by atoms with Crippen LogP contribution in [0.5, 0.6) is 0 Å². The minimum Gasteiger partial charge on any atom is -0.268 e. The number of aliphatic imine (C=N–C) groups is 1. The van der Waals surface area contributed by atoms with Crippen molar-refractivity contribution in [2.45, 2.75) is 17.9 Å². The van der Waals surface area contributed by atoms with Gasteiger partial charge in [-0.2, -0.15) is 14.7 Å². The molecular weight excluding hydrogens is 442 g/mol. The number of carbonyl (C=O) groups excluding carboxylic acids is 1. The van der Waals surface area contributed by atoms with Crippen LogP contribution in [0.3, 0.4) is 0 Å². The maximum Gasteiger partial charge on any atom is 0.269 e. The summed E-state index contributed by atoms with van der Waals surface area (Å²) in [6, 6.07) is 9.54. The van der Waals surface area contributed by atoms with E-state index in [-0.39, 0.29) is 31.3 Å². The summed E-state index contributed by atoms with van der Waals surface area (Å²) in [6.07, 6.45) is 9.44. The Morgan fingerprint density at radius 3 is 2.82 bits per heavy atom. The van der Waals surface area contributed by atoms with Crippen LogP contribution < -0.4 is 0 Å². The highest BCUT2D eigenvalue weighted by Gasteiger charge is 2.49. The summed E-state index contributed by atoms with van der Waals surface area (Å²) in [7, 11) is -3.34. The summed E-state index contributed by atoms with van der Waals surface area (Å²) in [4.78, 5) is 24.6. The topological polar surface area (TPSA) is 134 Å². The minimum atomic E-state index is -3.34. The molecule has 5 rings (SSSR count). The molecule has 5 heterocycles. The van der Waals surface area contributed by atoms with Gasteiger partial charge in [0, 0.05) is 43.2 Å². The van der Waals surface area contributed by atoms with Crippen molar-refractivity contribution in [1.29, 1.82) is 5.26 Å². The third-order valence-electron chi connectivity index (χ3n) is 5.91. The fourth-order valence-corrected chi connectivity index (χ4v) is 5.06. The summed E-state index contributed by atoms with van der Waals surface area (Å²) in [6.45, 7) is 0.376. The number of sulfonamides is 1. The average molecular weight is 462 g/mol. The molecule has 10 nitrogen and oxygen atoms in total. The number of hydrogen-bond donors (Lipinski definition) is 0. The summed E-state index contributed by atoms with van der Waals surface area (Å²) >= 11 is 0. The number of nitriles is 1. The van der Waals surface area contributed by atoms with Gasteiger partial charge in [0.1, 0.15) is 16.9 Å². The number of carbonyl (C=O) groups is 1. The average Bonchev–Trinajstić information content (AvgIpc) is 3.25. The highest BCUT2D eigenvalue weighted by atomic mass is 32.2. The first kappa shape index (κ1) is 21.1. The van der Waals surface area contributed by atoms with E-state index in [2.05, 4.69) is 16.0 Å². The van der Waals surface area contributed by atoms with E-state index in [4.69, 9.17) is 10.1 Å². The van der Waals surface area contributed by atoms with Crippen LogP contribution in [0.1, 0.15) is 18.0 Å². The Morgan fingerprint density at radius 1 is 1.30 bits per heavy atom. The zero-order valence-corrected chi connectivity index (χ0v) is 18.5. The smallest absolute Gasteiger partial charge is 0.268 e. The lowest BCUT2D eigenvalue weighted by Gasteiger charge is -2.47. The van der Waals surface area contributed by atoms with E-state index in [1.165, 1.54) is 10.4 Å². The maximum atomic E-state index is 11.9. The third kappa shape index (κ3) is 3.73. The van der Waals surface area contributed by atoms with E-state index in [0.717, 1.165) is 17.2 Å².